The number of carbonyl (C=O) groups is 1. The molecule has 0 aromatic heterocycles. The minimum atomic E-state index is -0.213. The molecule has 1 saturated heterocycles. The van der Waals surface area contributed by atoms with Crippen LogP contribution in [0.2, 0.25) is 5.02 Å². The second-order valence-corrected chi connectivity index (χ2v) is 8.38. The molecule has 0 radical (unpaired) electrons. The van der Waals surface area contributed by atoms with E-state index < -0.39 is 0 Å². The molecule has 5 rings (SSSR count). The summed E-state index contributed by atoms with van der Waals surface area (Å²) in [4.78, 5) is 15.3. The van der Waals surface area contributed by atoms with Gasteiger partial charge in [-0.15, -0.1) is 0 Å². The molecule has 26 heavy (non-hydrogen) atoms. The van der Waals surface area contributed by atoms with Crippen LogP contribution in [0.5, 0.6) is 0 Å². The van der Waals surface area contributed by atoms with Crippen molar-refractivity contribution in [1.29, 1.82) is 0 Å². The number of ether oxygens (including phenoxy) is 1. The van der Waals surface area contributed by atoms with E-state index in [1.807, 2.05) is 12.1 Å². The van der Waals surface area contributed by atoms with Gasteiger partial charge in [0.1, 0.15) is 0 Å². The van der Waals surface area contributed by atoms with Crippen molar-refractivity contribution in [1.82, 2.24) is 4.90 Å². The van der Waals surface area contributed by atoms with Crippen molar-refractivity contribution in [3.8, 4) is 0 Å². The predicted molar refractivity (Wildman–Crippen MR) is 102 cm³/mol. The summed E-state index contributed by atoms with van der Waals surface area (Å²) in [5.41, 5.74) is 3.91. The summed E-state index contributed by atoms with van der Waals surface area (Å²) in [7, 11) is 1.48. The van der Waals surface area contributed by atoms with Gasteiger partial charge in [0.25, 0.3) is 0 Å². The van der Waals surface area contributed by atoms with E-state index in [0.29, 0.717) is 6.04 Å². The molecular weight excluding hydrogens is 348 g/mol. The molecule has 0 amide bonds. The Morgan fingerprint density at radius 3 is 3.08 bits per heavy atom. The van der Waals surface area contributed by atoms with Gasteiger partial charge in [-0.3, -0.25) is 4.90 Å². The molecule has 5 heteroatoms. The van der Waals surface area contributed by atoms with E-state index in [4.69, 9.17) is 16.3 Å². The molecule has 1 aromatic carbocycles. The standard InChI is InChI=1S/C21H23ClN2O2/c1-3-20-7-4-9-24-10-8-21(19(20)24)15-11-13(22)5-6-16(15)23-17(21)14(12-20)18(25)26-2/h4-7,11,19,23H,3,8-10,12H2,1-2H3/t19-,20-,21-/m0/s1. The van der Waals surface area contributed by atoms with Crippen LogP contribution in [0.25, 0.3) is 0 Å². The molecule has 1 spiro atoms. The number of halogens is 1. The second kappa shape index (κ2) is 5.37. The summed E-state index contributed by atoms with van der Waals surface area (Å²) in [6.07, 6.45) is 7.36. The van der Waals surface area contributed by atoms with E-state index in [1.54, 1.807) is 0 Å². The first-order valence-electron chi connectivity index (χ1n) is 9.36. The second-order valence-electron chi connectivity index (χ2n) is 7.94. The smallest absolute Gasteiger partial charge is 0.335 e. The quantitative estimate of drug-likeness (QED) is 0.633. The van der Waals surface area contributed by atoms with Crippen molar-refractivity contribution in [2.75, 3.05) is 25.5 Å². The first kappa shape index (κ1) is 16.4. The Morgan fingerprint density at radius 1 is 1.46 bits per heavy atom. The first-order valence-corrected chi connectivity index (χ1v) is 9.74. The zero-order valence-electron chi connectivity index (χ0n) is 15.1. The Kier molecular flexibility index (Phi) is 3.38. The number of nitrogens with one attached hydrogen (secondary N) is 1. The highest BCUT2D eigenvalue weighted by Gasteiger charge is 2.65. The van der Waals surface area contributed by atoms with Crippen molar-refractivity contribution in [3.05, 3.63) is 52.2 Å². The molecule has 1 aliphatic carbocycles. The van der Waals surface area contributed by atoms with Crippen LogP contribution in [0.4, 0.5) is 5.69 Å². The third-order valence-electron chi connectivity index (χ3n) is 7.03. The highest BCUT2D eigenvalue weighted by molar-refractivity contribution is 6.30. The Bertz CT molecular complexity index is 877. The molecule has 3 aliphatic heterocycles. The average molecular weight is 371 g/mol. The number of hydrogen-bond donors (Lipinski definition) is 1. The number of carbonyl (C=O) groups excluding carboxylic acids is 1. The third kappa shape index (κ3) is 1.82. The number of esters is 1. The number of rotatable bonds is 2. The summed E-state index contributed by atoms with van der Waals surface area (Å²) in [5.74, 6) is -0.213. The summed E-state index contributed by atoms with van der Waals surface area (Å²) < 4.78 is 5.19. The normalized spacial score (nSPS) is 34.2. The van der Waals surface area contributed by atoms with Crippen LogP contribution >= 0.6 is 11.6 Å². The van der Waals surface area contributed by atoms with E-state index in [1.165, 1.54) is 12.7 Å². The van der Waals surface area contributed by atoms with Gasteiger partial charge in [0.15, 0.2) is 0 Å². The zero-order valence-corrected chi connectivity index (χ0v) is 15.9. The first-order chi connectivity index (χ1) is 12.6. The SMILES string of the molecule is CC[C@]12C=CCN3CC[C@]4(C(=C(C(=O)OC)C1)Nc1ccc(Cl)cc14)[C@@H]32. The van der Waals surface area contributed by atoms with Crippen LogP contribution in [0.3, 0.4) is 0 Å². The average Bonchev–Trinajstić information content (AvgIpc) is 3.21. The maximum Gasteiger partial charge on any atom is 0.335 e. The van der Waals surface area contributed by atoms with E-state index in [2.05, 4.69) is 35.4 Å². The number of methoxy groups -OCH3 is 1. The number of nitrogens with zero attached hydrogens (tertiary/aromatic N) is 1. The fraction of sp³-hybridized carbons (Fsp3) is 0.476. The molecule has 1 N–H and O–H groups in total. The largest absolute Gasteiger partial charge is 0.466 e. The molecule has 0 unspecified atom stereocenters. The fourth-order valence-corrected chi connectivity index (χ4v) is 6.21. The molecule has 4 nitrogen and oxygen atoms in total. The Labute approximate surface area is 158 Å². The minimum Gasteiger partial charge on any atom is -0.466 e. The van der Waals surface area contributed by atoms with Gasteiger partial charge in [-0.1, -0.05) is 30.7 Å². The lowest BCUT2D eigenvalue weighted by atomic mass is 9.55. The molecule has 136 valence electrons. The van der Waals surface area contributed by atoms with Gasteiger partial charge in [0, 0.05) is 41.0 Å². The molecular formula is C21H23ClN2O2. The summed E-state index contributed by atoms with van der Waals surface area (Å²) in [5, 5.41) is 4.34. The van der Waals surface area contributed by atoms with Gasteiger partial charge < -0.3 is 10.1 Å². The Balaban J connectivity index is 1.84. The van der Waals surface area contributed by atoms with Crippen LogP contribution in [-0.2, 0) is 14.9 Å². The lowest BCUT2D eigenvalue weighted by molar-refractivity contribution is -0.137. The van der Waals surface area contributed by atoms with E-state index in [-0.39, 0.29) is 16.8 Å². The topological polar surface area (TPSA) is 41.6 Å². The maximum atomic E-state index is 12.7. The molecule has 0 saturated carbocycles. The van der Waals surface area contributed by atoms with Crippen LogP contribution in [-0.4, -0.2) is 37.1 Å². The molecule has 0 bridgehead atoms. The molecule has 1 fully saturated rings. The molecule has 3 heterocycles. The highest BCUT2D eigenvalue weighted by Crippen LogP contribution is 2.64. The number of benzene rings is 1. The van der Waals surface area contributed by atoms with Gasteiger partial charge in [-0.05, 0) is 43.0 Å². The van der Waals surface area contributed by atoms with Crippen molar-refractivity contribution < 1.29 is 9.53 Å². The lowest BCUT2D eigenvalue weighted by Crippen LogP contribution is -2.58. The maximum absolute atomic E-state index is 12.7. The van der Waals surface area contributed by atoms with Crippen LogP contribution in [0, 0.1) is 5.41 Å². The molecule has 3 atom stereocenters. The van der Waals surface area contributed by atoms with Crippen LogP contribution in [0.1, 0.15) is 31.7 Å². The Morgan fingerprint density at radius 2 is 2.31 bits per heavy atom. The number of hydrogen-bond acceptors (Lipinski definition) is 4. The van der Waals surface area contributed by atoms with E-state index in [0.717, 1.165) is 54.3 Å². The monoisotopic (exact) mass is 370 g/mol. The van der Waals surface area contributed by atoms with Crippen molar-refractivity contribution >= 4 is 23.3 Å². The summed E-state index contributed by atoms with van der Waals surface area (Å²) in [6.45, 7) is 4.24. The number of anilines is 1. The van der Waals surface area contributed by atoms with Gasteiger partial charge in [-0.25, -0.2) is 4.79 Å². The lowest BCUT2D eigenvalue weighted by Gasteiger charge is -2.53. The highest BCUT2D eigenvalue weighted by atomic mass is 35.5. The van der Waals surface area contributed by atoms with E-state index in [9.17, 15) is 4.79 Å². The fourth-order valence-electron chi connectivity index (χ4n) is 6.03. The Hall–Kier alpha value is -1.78. The van der Waals surface area contributed by atoms with Crippen molar-refractivity contribution in [2.24, 2.45) is 5.41 Å². The van der Waals surface area contributed by atoms with Gasteiger partial charge in [0.2, 0.25) is 0 Å². The van der Waals surface area contributed by atoms with Crippen LogP contribution < -0.4 is 5.32 Å². The third-order valence-corrected chi connectivity index (χ3v) is 7.26. The van der Waals surface area contributed by atoms with Gasteiger partial charge in [0.05, 0.1) is 18.1 Å². The molecule has 4 aliphatic rings. The minimum absolute atomic E-state index is 0.0482. The van der Waals surface area contributed by atoms with Crippen molar-refractivity contribution in [3.63, 3.8) is 0 Å². The number of fused-ring (bicyclic) bond motifs is 1. The predicted octanol–water partition coefficient (Wildman–Crippen LogP) is 3.87. The summed E-state index contributed by atoms with van der Waals surface area (Å²) >= 11 is 6.39. The van der Waals surface area contributed by atoms with Crippen LogP contribution in [0.15, 0.2) is 41.6 Å². The summed E-state index contributed by atoms with van der Waals surface area (Å²) in [6, 6.07) is 6.40. The van der Waals surface area contributed by atoms with Gasteiger partial charge >= 0.3 is 5.97 Å². The molecule has 1 aromatic rings. The van der Waals surface area contributed by atoms with E-state index >= 15 is 0 Å². The van der Waals surface area contributed by atoms with Gasteiger partial charge in [-0.2, -0.15) is 0 Å². The zero-order chi connectivity index (χ0) is 18.1. The van der Waals surface area contributed by atoms with Crippen molar-refractivity contribution in [2.45, 2.75) is 37.6 Å².